The lowest BCUT2D eigenvalue weighted by Crippen LogP contribution is -2.26. The van der Waals surface area contributed by atoms with Crippen molar-refractivity contribution in [2.75, 3.05) is 20.2 Å². The fourth-order valence-corrected chi connectivity index (χ4v) is 2.53. The molecule has 17 heavy (non-hydrogen) atoms. The van der Waals surface area contributed by atoms with Gasteiger partial charge in [-0.2, -0.15) is 0 Å². The van der Waals surface area contributed by atoms with Gasteiger partial charge in [0.1, 0.15) is 5.75 Å². The first-order chi connectivity index (χ1) is 7.69. The summed E-state index contributed by atoms with van der Waals surface area (Å²) in [5.74, 6) is 0.948. The third-order valence-corrected chi connectivity index (χ3v) is 3.44. The first-order valence-corrected chi connectivity index (χ1v) is 6.28. The van der Waals surface area contributed by atoms with Crippen molar-refractivity contribution in [3.8, 4) is 5.75 Å². The monoisotopic (exact) mass is 320 g/mol. The van der Waals surface area contributed by atoms with Crippen molar-refractivity contribution in [1.82, 2.24) is 4.90 Å². The fraction of sp³-hybridized carbons (Fsp3) is 0.500. The van der Waals surface area contributed by atoms with Gasteiger partial charge < -0.3 is 10.5 Å². The van der Waals surface area contributed by atoms with Gasteiger partial charge >= 0.3 is 0 Å². The molecule has 96 valence electrons. The number of hydrogen-bond donors (Lipinski definition) is 1. The number of methoxy groups -OCH3 is 1. The van der Waals surface area contributed by atoms with Crippen LogP contribution in [0.15, 0.2) is 22.7 Å². The van der Waals surface area contributed by atoms with Crippen molar-refractivity contribution in [1.29, 1.82) is 0 Å². The van der Waals surface area contributed by atoms with Crippen LogP contribution in [0.2, 0.25) is 0 Å². The quantitative estimate of drug-likeness (QED) is 0.929. The maximum Gasteiger partial charge on any atom is 0.123 e. The molecule has 3 nitrogen and oxygen atoms in total. The molecular weight excluding hydrogens is 304 g/mol. The number of hydrogen-bond acceptors (Lipinski definition) is 3. The van der Waals surface area contributed by atoms with Crippen LogP contribution in [-0.4, -0.2) is 31.1 Å². The molecule has 5 heteroatoms. The number of nitrogens with zero attached hydrogens (tertiary/aromatic N) is 1. The van der Waals surface area contributed by atoms with E-state index < -0.39 is 0 Å². The van der Waals surface area contributed by atoms with E-state index in [-0.39, 0.29) is 12.4 Å². The van der Waals surface area contributed by atoms with Crippen LogP contribution in [0.3, 0.4) is 0 Å². The Hall–Kier alpha value is -0.290. The molecule has 1 fully saturated rings. The van der Waals surface area contributed by atoms with Crippen LogP contribution in [0.25, 0.3) is 0 Å². The Labute approximate surface area is 117 Å². The SMILES string of the molecule is COc1ccc(Br)cc1CN1CC[C@H](N)C1.Cl. The average molecular weight is 322 g/mol. The van der Waals surface area contributed by atoms with Gasteiger partial charge in [0.05, 0.1) is 7.11 Å². The molecule has 0 amide bonds. The second kappa shape index (κ2) is 6.59. The number of rotatable bonds is 3. The Morgan fingerprint density at radius 3 is 2.88 bits per heavy atom. The van der Waals surface area contributed by atoms with Gasteiger partial charge in [0, 0.05) is 35.7 Å². The van der Waals surface area contributed by atoms with Gasteiger partial charge in [-0.05, 0) is 24.6 Å². The molecule has 1 aromatic carbocycles. The van der Waals surface area contributed by atoms with E-state index >= 15 is 0 Å². The highest BCUT2D eigenvalue weighted by Crippen LogP contribution is 2.25. The van der Waals surface area contributed by atoms with Crippen molar-refractivity contribution in [3.63, 3.8) is 0 Å². The molecule has 1 heterocycles. The van der Waals surface area contributed by atoms with E-state index in [0.29, 0.717) is 6.04 Å². The van der Waals surface area contributed by atoms with Gasteiger partial charge in [-0.1, -0.05) is 15.9 Å². The van der Waals surface area contributed by atoms with E-state index in [0.717, 1.165) is 36.3 Å². The summed E-state index contributed by atoms with van der Waals surface area (Å²) in [6.45, 7) is 2.98. The molecule has 1 aromatic rings. The second-order valence-corrected chi connectivity index (χ2v) is 5.16. The smallest absolute Gasteiger partial charge is 0.123 e. The van der Waals surface area contributed by atoms with Crippen LogP contribution >= 0.6 is 28.3 Å². The van der Waals surface area contributed by atoms with Crippen LogP contribution < -0.4 is 10.5 Å². The molecule has 0 spiro atoms. The Morgan fingerprint density at radius 1 is 1.53 bits per heavy atom. The molecule has 0 aromatic heterocycles. The second-order valence-electron chi connectivity index (χ2n) is 4.24. The third-order valence-electron chi connectivity index (χ3n) is 2.95. The maximum absolute atomic E-state index is 5.90. The van der Waals surface area contributed by atoms with Crippen molar-refractivity contribution < 1.29 is 4.74 Å². The number of likely N-dealkylation sites (tertiary alicyclic amines) is 1. The highest BCUT2D eigenvalue weighted by atomic mass is 79.9. The number of nitrogens with two attached hydrogens (primary N) is 1. The molecule has 0 bridgehead atoms. The molecule has 1 atom stereocenters. The Bertz CT molecular complexity index is 376. The van der Waals surface area contributed by atoms with E-state index in [9.17, 15) is 0 Å². The molecule has 0 aliphatic carbocycles. The summed E-state index contributed by atoms with van der Waals surface area (Å²) in [7, 11) is 1.71. The standard InChI is InChI=1S/C12H17BrN2O.ClH/c1-16-12-3-2-10(13)6-9(12)7-15-5-4-11(14)8-15;/h2-3,6,11H,4-5,7-8,14H2,1H3;1H/t11-;/m0./s1. The normalized spacial score (nSPS) is 20.1. The third kappa shape index (κ3) is 3.85. The summed E-state index contributed by atoms with van der Waals surface area (Å²) >= 11 is 3.49. The van der Waals surface area contributed by atoms with E-state index in [1.807, 2.05) is 12.1 Å². The minimum absolute atomic E-state index is 0. The Morgan fingerprint density at radius 2 is 2.29 bits per heavy atom. The van der Waals surface area contributed by atoms with Gasteiger partial charge in [-0.25, -0.2) is 0 Å². The lowest BCUT2D eigenvalue weighted by molar-refractivity contribution is 0.317. The molecule has 1 saturated heterocycles. The van der Waals surface area contributed by atoms with Crippen molar-refractivity contribution >= 4 is 28.3 Å². The molecule has 2 rings (SSSR count). The molecular formula is C12H18BrClN2O. The maximum atomic E-state index is 5.90. The summed E-state index contributed by atoms with van der Waals surface area (Å²) in [4.78, 5) is 2.37. The first kappa shape index (κ1) is 14.8. The molecule has 1 aliphatic heterocycles. The highest BCUT2D eigenvalue weighted by molar-refractivity contribution is 9.10. The Balaban J connectivity index is 0.00000144. The molecule has 2 N–H and O–H groups in total. The zero-order valence-corrected chi connectivity index (χ0v) is 12.3. The van der Waals surface area contributed by atoms with Crippen molar-refractivity contribution in [2.45, 2.75) is 19.0 Å². The molecule has 0 radical (unpaired) electrons. The summed E-state index contributed by atoms with van der Waals surface area (Å²) in [5, 5.41) is 0. The molecule has 0 saturated carbocycles. The topological polar surface area (TPSA) is 38.5 Å². The predicted molar refractivity (Wildman–Crippen MR) is 75.8 cm³/mol. The van der Waals surface area contributed by atoms with Crippen molar-refractivity contribution in [3.05, 3.63) is 28.2 Å². The fourth-order valence-electron chi connectivity index (χ4n) is 2.12. The van der Waals surface area contributed by atoms with E-state index in [2.05, 4.69) is 26.9 Å². The van der Waals surface area contributed by atoms with Gasteiger partial charge in [0.25, 0.3) is 0 Å². The summed E-state index contributed by atoms with van der Waals surface area (Å²) in [6, 6.07) is 6.44. The summed E-state index contributed by atoms with van der Waals surface area (Å²) in [6.07, 6.45) is 1.09. The van der Waals surface area contributed by atoms with E-state index in [1.54, 1.807) is 7.11 Å². The lowest BCUT2D eigenvalue weighted by Gasteiger charge is -2.17. The van der Waals surface area contributed by atoms with Crippen molar-refractivity contribution in [2.24, 2.45) is 5.73 Å². The minimum atomic E-state index is 0. The zero-order valence-electron chi connectivity index (χ0n) is 9.86. The van der Waals surface area contributed by atoms with Gasteiger partial charge in [-0.3, -0.25) is 4.90 Å². The van der Waals surface area contributed by atoms with Crippen LogP contribution in [0.1, 0.15) is 12.0 Å². The van der Waals surface area contributed by atoms with E-state index in [1.165, 1.54) is 5.56 Å². The van der Waals surface area contributed by atoms with Crippen LogP contribution in [0, 0.1) is 0 Å². The molecule has 1 aliphatic rings. The van der Waals surface area contributed by atoms with E-state index in [4.69, 9.17) is 10.5 Å². The predicted octanol–water partition coefficient (Wildman–Crippen LogP) is 2.41. The van der Waals surface area contributed by atoms with Crippen LogP contribution in [0.4, 0.5) is 0 Å². The van der Waals surface area contributed by atoms with Gasteiger partial charge in [0.15, 0.2) is 0 Å². The number of ether oxygens (including phenoxy) is 1. The summed E-state index contributed by atoms with van der Waals surface area (Å²) < 4.78 is 6.45. The largest absolute Gasteiger partial charge is 0.496 e. The van der Waals surface area contributed by atoms with Crippen LogP contribution in [0.5, 0.6) is 5.75 Å². The highest BCUT2D eigenvalue weighted by Gasteiger charge is 2.20. The first-order valence-electron chi connectivity index (χ1n) is 5.49. The number of halogens is 2. The lowest BCUT2D eigenvalue weighted by atomic mass is 10.2. The number of benzene rings is 1. The Kier molecular flexibility index (Phi) is 5.73. The minimum Gasteiger partial charge on any atom is -0.496 e. The molecule has 0 unspecified atom stereocenters. The summed E-state index contributed by atoms with van der Waals surface area (Å²) in [5.41, 5.74) is 7.11. The van der Waals surface area contributed by atoms with Crippen LogP contribution in [-0.2, 0) is 6.54 Å². The average Bonchev–Trinajstić information content (AvgIpc) is 2.64. The zero-order chi connectivity index (χ0) is 11.5. The van der Waals surface area contributed by atoms with Gasteiger partial charge in [0.2, 0.25) is 0 Å². The van der Waals surface area contributed by atoms with Gasteiger partial charge in [-0.15, -0.1) is 12.4 Å².